The number of benzene rings is 2. The first-order valence-corrected chi connectivity index (χ1v) is 12.4. The predicted molar refractivity (Wildman–Crippen MR) is 135 cm³/mol. The van der Waals surface area contributed by atoms with Crippen molar-refractivity contribution in [2.75, 3.05) is 12.3 Å². The van der Waals surface area contributed by atoms with Crippen LogP contribution in [0.2, 0.25) is 0 Å². The molecule has 0 saturated carbocycles. The van der Waals surface area contributed by atoms with Gasteiger partial charge >= 0.3 is 6.18 Å². The van der Waals surface area contributed by atoms with Gasteiger partial charge in [-0.15, -0.1) is 0 Å². The Bertz CT molecular complexity index is 1320. The van der Waals surface area contributed by atoms with E-state index in [1.54, 1.807) is 9.58 Å². The van der Waals surface area contributed by atoms with E-state index in [-0.39, 0.29) is 24.3 Å². The van der Waals surface area contributed by atoms with Crippen molar-refractivity contribution in [2.45, 2.75) is 72.6 Å². The van der Waals surface area contributed by atoms with Gasteiger partial charge in [0.2, 0.25) is 0 Å². The third-order valence-electron chi connectivity index (χ3n) is 7.57. The lowest BCUT2D eigenvalue weighted by atomic mass is 9.90. The van der Waals surface area contributed by atoms with Gasteiger partial charge in [0.15, 0.2) is 0 Å². The van der Waals surface area contributed by atoms with Gasteiger partial charge in [0.05, 0.1) is 33.7 Å². The number of anilines is 1. The Hall–Kier alpha value is -2.94. The number of nitrogens with two attached hydrogens (primary N) is 1. The van der Waals surface area contributed by atoms with Crippen LogP contribution in [0.3, 0.4) is 0 Å². The smallest absolute Gasteiger partial charge is 0.395 e. The molecule has 9 heteroatoms. The fourth-order valence-electron chi connectivity index (χ4n) is 5.12. The number of hydrogen-bond acceptors (Lipinski definition) is 3. The molecule has 2 heterocycles. The van der Waals surface area contributed by atoms with Crippen LogP contribution in [0.15, 0.2) is 30.3 Å². The summed E-state index contributed by atoms with van der Waals surface area (Å²) in [6.45, 7) is 9.81. The number of alkyl halides is 3. The Morgan fingerprint density at radius 3 is 2.14 bits per heavy atom. The molecule has 0 saturated heterocycles. The van der Waals surface area contributed by atoms with Crippen molar-refractivity contribution in [1.82, 2.24) is 14.7 Å². The lowest BCUT2D eigenvalue weighted by Crippen LogP contribution is -2.47. The van der Waals surface area contributed by atoms with Crippen LogP contribution in [0.4, 0.5) is 27.6 Å². The summed E-state index contributed by atoms with van der Waals surface area (Å²) >= 11 is 0. The molecule has 0 fully saturated rings. The summed E-state index contributed by atoms with van der Waals surface area (Å²) in [4.78, 5) is 1.71. The second-order valence-electron chi connectivity index (χ2n) is 10.9. The van der Waals surface area contributed by atoms with E-state index in [0.717, 1.165) is 28.9 Å². The van der Waals surface area contributed by atoms with E-state index in [2.05, 4.69) is 0 Å². The van der Waals surface area contributed by atoms with Crippen LogP contribution in [-0.2, 0) is 24.9 Å². The minimum absolute atomic E-state index is 0.0267. The average Bonchev–Trinajstić information content (AvgIpc) is 3.28. The normalized spacial score (nSPS) is 15.9. The van der Waals surface area contributed by atoms with Crippen molar-refractivity contribution in [1.29, 1.82) is 0 Å². The van der Waals surface area contributed by atoms with Crippen LogP contribution < -0.4 is 5.73 Å². The molecule has 0 bridgehead atoms. The minimum atomic E-state index is -4.41. The van der Waals surface area contributed by atoms with Crippen LogP contribution in [0.1, 0.15) is 63.9 Å². The Balaban J connectivity index is 2.00. The number of rotatable bonds is 6. The number of aromatic nitrogens is 2. The third-order valence-corrected chi connectivity index (χ3v) is 7.57. The van der Waals surface area contributed by atoms with Crippen molar-refractivity contribution in [3.8, 4) is 16.9 Å². The fourth-order valence-corrected chi connectivity index (χ4v) is 5.12. The van der Waals surface area contributed by atoms with Crippen LogP contribution in [0.5, 0.6) is 0 Å². The number of nitrogen functional groups attached to an aromatic ring is 1. The molecule has 3 aromatic rings. The van der Waals surface area contributed by atoms with Gasteiger partial charge in [-0.1, -0.05) is 32.0 Å². The van der Waals surface area contributed by atoms with Crippen molar-refractivity contribution in [3.63, 3.8) is 0 Å². The Morgan fingerprint density at radius 1 is 1.00 bits per heavy atom. The standard InChI is InChI=1S/C28H33F5N4/c1-7-16-10-9-11-17(8-2)23(16)37-24(18-12-21(30)22(34)13-20(18)29)19-14-36(27(5,6)25(19)35-37)15-26(3,4)28(31,32)33/h9-13H,7-8,14-15,34H2,1-6H3. The third kappa shape index (κ3) is 4.41. The number of para-hydroxylation sites is 1. The van der Waals surface area contributed by atoms with E-state index in [1.807, 2.05) is 45.9 Å². The predicted octanol–water partition coefficient (Wildman–Crippen LogP) is 7.16. The topological polar surface area (TPSA) is 47.1 Å². The zero-order valence-electron chi connectivity index (χ0n) is 22.0. The van der Waals surface area contributed by atoms with Crippen LogP contribution in [-0.4, -0.2) is 27.4 Å². The molecule has 4 rings (SSSR count). The summed E-state index contributed by atoms with van der Waals surface area (Å²) in [6.07, 6.45) is -3.05. The first-order valence-electron chi connectivity index (χ1n) is 12.4. The van der Waals surface area contributed by atoms with Gasteiger partial charge in [-0.2, -0.15) is 18.3 Å². The second kappa shape index (κ2) is 9.11. The van der Waals surface area contributed by atoms with Gasteiger partial charge in [-0.3, -0.25) is 4.90 Å². The van der Waals surface area contributed by atoms with Crippen molar-refractivity contribution in [2.24, 2.45) is 5.41 Å². The Labute approximate surface area is 214 Å². The molecule has 4 nitrogen and oxygen atoms in total. The second-order valence-corrected chi connectivity index (χ2v) is 10.9. The SMILES string of the molecule is CCc1cccc(CC)c1-n1nc2c(c1-c1cc(F)c(N)cc1F)CN(CC(C)(C)C(F)(F)F)C2(C)C. The van der Waals surface area contributed by atoms with Gasteiger partial charge in [0.25, 0.3) is 0 Å². The first kappa shape index (κ1) is 27.1. The molecule has 1 aromatic heterocycles. The van der Waals surface area contributed by atoms with Gasteiger partial charge in [-0.05, 0) is 57.7 Å². The van der Waals surface area contributed by atoms with Crippen LogP contribution >= 0.6 is 0 Å². The molecule has 1 aliphatic rings. The Kier molecular flexibility index (Phi) is 6.68. The van der Waals surface area contributed by atoms with Crippen molar-refractivity contribution >= 4 is 5.69 Å². The summed E-state index contributed by atoms with van der Waals surface area (Å²) in [7, 11) is 0. The number of halogens is 5. The molecule has 0 amide bonds. The number of aryl methyl sites for hydroxylation is 2. The van der Waals surface area contributed by atoms with E-state index >= 15 is 4.39 Å². The minimum Gasteiger partial charge on any atom is -0.396 e. The molecular weight excluding hydrogens is 487 g/mol. The molecule has 0 aliphatic carbocycles. The number of hydrogen-bond donors (Lipinski definition) is 1. The van der Waals surface area contributed by atoms with E-state index < -0.39 is 28.8 Å². The maximum atomic E-state index is 15.4. The summed E-state index contributed by atoms with van der Waals surface area (Å²) < 4.78 is 73.0. The zero-order valence-corrected chi connectivity index (χ0v) is 22.0. The highest BCUT2D eigenvalue weighted by Gasteiger charge is 2.52. The summed E-state index contributed by atoms with van der Waals surface area (Å²) in [5.74, 6) is -1.49. The maximum absolute atomic E-state index is 15.4. The molecule has 2 N–H and O–H groups in total. The monoisotopic (exact) mass is 520 g/mol. The molecule has 0 radical (unpaired) electrons. The number of fused-ring (bicyclic) bond motifs is 1. The van der Waals surface area contributed by atoms with Gasteiger partial charge in [-0.25, -0.2) is 13.5 Å². The van der Waals surface area contributed by atoms with E-state index in [0.29, 0.717) is 29.8 Å². The largest absolute Gasteiger partial charge is 0.396 e. The average molecular weight is 521 g/mol. The van der Waals surface area contributed by atoms with Crippen LogP contribution in [0.25, 0.3) is 16.9 Å². The highest BCUT2D eigenvalue weighted by atomic mass is 19.4. The van der Waals surface area contributed by atoms with E-state index in [1.165, 1.54) is 13.8 Å². The van der Waals surface area contributed by atoms with Gasteiger partial charge in [0, 0.05) is 30.3 Å². The maximum Gasteiger partial charge on any atom is 0.395 e. The molecule has 0 atom stereocenters. The quantitative estimate of drug-likeness (QED) is 0.277. The highest BCUT2D eigenvalue weighted by Crippen LogP contribution is 2.48. The van der Waals surface area contributed by atoms with Crippen LogP contribution in [0, 0.1) is 17.0 Å². The lowest BCUT2D eigenvalue weighted by Gasteiger charge is -2.39. The first-order chi connectivity index (χ1) is 17.1. The van der Waals surface area contributed by atoms with Gasteiger partial charge < -0.3 is 5.73 Å². The van der Waals surface area contributed by atoms with E-state index in [9.17, 15) is 17.6 Å². The van der Waals surface area contributed by atoms with E-state index in [4.69, 9.17) is 10.8 Å². The molecule has 2 aromatic carbocycles. The fraction of sp³-hybridized carbons (Fsp3) is 0.464. The summed E-state index contributed by atoms with van der Waals surface area (Å²) in [6, 6.07) is 7.87. The summed E-state index contributed by atoms with van der Waals surface area (Å²) in [5.41, 5.74) is 6.62. The molecule has 0 unspecified atom stereocenters. The Morgan fingerprint density at radius 2 is 1.59 bits per heavy atom. The summed E-state index contributed by atoms with van der Waals surface area (Å²) in [5, 5.41) is 4.92. The zero-order chi connectivity index (χ0) is 27.5. The molecule has 0 spiro atoms. The van der Waals surface area contributed by atoms with Gasteiger partial charge in [0.1, 0.15) is 11.6 Å². The van der Waals surface area contributed by atoms with Crippen molar-refractivity contribution in [3.05, 3.63) is 64.4 Å². The highest BCUT2D eigenvalue weighted by molar-refractivity contribution is 5.72. The molecule has 37 heavy (non-hydrogen) atoms. The molecule has 1 aliphatic heterocycles. The lowest BCUT2D eigenvalue weighted by molar-refractivity contribution is -0.220. The number of nitrogens with zero attached hydrogens (tertiary/aromatic N) is 3. The molecular formula is C28H33F5N4. The molecule has 200 valence electrons. The van der Waals surface area contributed by atoms with Crippen molar-refractivity contribution < 1.29 is 22.0 Å².